The number of alkyl halides is 3. The highest BCUT2D eigenvalue weighted by Gasteiger charge is 2.45. The maximum absolute atomic E-state index is 13.1. The van der Waals surface area contributed by atoms with E-state index in [0.717, 1.165) is 17.7 Å². The van der Waals surface area contributed by atoms with Crippen LogP contribution in [0.2, 0.25) is 0 Å². The maximum atomic E-state index is 13.1. The SMILES string of the molecule is CCC(F)C(F)(F)OS(=O)(=O)c1ccc(C)cc1. The zero-order valence-electron chi connectivity index (χ0n) is 9.86. The van der Waals surface area contributed by atoms with Gasteiger partial charge in [0.25, 0.3) is 0 Å². The van der Waals surface area contributed by atoms with Gasteiger partial charge in [-0.15, -0.1) is 0 Å². The molecule has 0 aliphatic heterocycles. The van der Waals surface area contributed by atoms with Crippen molar-refractivity contribution in [2.45, 2.75) is 37.4 Å². The Labute approximate surface area is 104 Å². The lowest BCUT2D eigenvalue weighted by Crippen LogP contribution is -2.35. The number of rotatable bonds is 5. The molecule has 0 aliphatic rings. The summed E-state index contributed by atoms with van der Waals surface area (Å²) in [6.07, 6.45) is -7.58. The van der Waals surface area contributed by atoms with Crippen LogP contribution in [0.4, 0.5) is 13.2 Å². The summed E-state index contributed by atoms with van der Waals surface area (Å²) in [5, 5.41) is 0. The summed E-state index contributed by atoms with van der Waals surface area (Å²) < 4.78 is 65.8. The number of hydrogen-bond acceptors (Lipinski definition) is 3. The molecule has 0 fully saturated rings. The summed E-state index contributed by atoms with van der Waals surface area (Å²) in [5.41, 5.74) is 0.762. The minimum Gasteiger partial charge on any atom is -0.238 e. The van der Waals surface area contributed by atoms with Gasteiger partial charge in [-0.1, -0.05) is 24.6 Å². The second-order valence-electron chi connectivity index (χ2n) is 3.79. The highest BCUT2D eigenvalue weighted by molar-refractivity contribution is 7.86. The van der Waals surface area contributed by atoms with Crippen molar-refractivity contribution in [1.29, 1.82) is 0 Å². The highest BCUT2D eigenvalue weighted by Crippen LogP contribution is 2.30. The molecule has 0 aromatic heterocycles. The van der Waals surface area contributed by atoms with Gasteiger partial charge in [-0.25, -0.2) is 4.39 Å². The van der Waals surface area contributed by atoms with Crippen LogP contribution < -0.4 is 0 Å². The summed E-state index contributed by atoms with van der Waals surface area (Å²) in [4.78, 5) is -0.434. The molecule has 3 nitrogen and oxygen atoms in total. The van der Waals surface area contributed by atoms with Crippen molar-refractivity contribution in [3.63, 3.8) is 0 Å². The molecular weight excluding hydrogens is 269 g/mol. The van der Waals surface area contributed by atoms with Gasteiger partial charge in [-0.3, -0.25) is 0 Å². The molecule has 1 atom stereocenters. The van der Waals surface area contributed by atoms with Crippen LogP contribution in [0.1, 0.15) is 18.9 Å². The van der Waals surface area contributed by atoms with Gasteiger partial charge in [-0.2, -0.15) is 21.4 Å². The third-order valence-corrected chi connectivity index (χ3v) is 3.54. The van der Waals surface area contributed by atoms with Crippen molar-refractivity contribution in [2.24, 2.45) is 0 Å². The average molecular weight is 282 g/mol. The van der Waals surface area contributed by atoms with E-state index in [-0.39, 0.29) is 0 Å². The van der Waals surface area contributed by atoms with Crippen molar-refractivity contribution in [3.8, 4) is 0 Å². The standard InChI is InChI=1S/C11H13F3O3S/c1-3-10(12)11(13,14)17-18(15,16)9-6-4-8(2)5-7-9/h4-7,10H,3H2,1-2H3. The Balaban J connectivity index is 2.99. The fourth-order valence-corrected chi connectivity index (χ4v) is 2.15. The quantitative estimate of drug-likeness (QED) is 0.780. The van der Waals surface area contributed by atoms with Crippen LogP contribution in [0.15, 0.2) is 29.2 Å². The average Bonchev–Trinajstić information content (AvgIpc) is 2.27. The summed E-state index contributed by atoms with van der Waals surface area (Å²) in [7, 11) is -4.68. The molecule has 1 unspecified atom stereocenters. The van der Waals surface area contributed by atoms with Gasteiger partial charge in [0.2, 0.25) is 0 Å². The van der Waals surface area contributed by atoms with E-state index in [1.54, 1.807) is 6.92 Å². The Morgan fingerprint density at radius 1 is 1.28 bits per heavy atom. The van der Waals surface area contributed by atoms with Crippen molar-refractivity contribution < 1.29 is 25.8 Å². The molecule has 0 N–H and O–H groups in total. The van der Waals surface area contributed by atoms with Gasteiger partial charge in [0.15, 0.2) is 6.17 Å². The third kappa shape index (κ3) is 3.46. The van der Waals surface area contributed by atoms with Crippen LogP contribution >= 0.6 is 0 Å². The van der Waals surface area contributed by atoms with E-state index in [9.17, 15) is 21.6 Å². The normalized spacial score (nSPS) is 14.5. The first-order valence-corrected chi connectivity index (χ1v) is 6.64. The van der Waals surface area contributed by atoms with E-state index in [1.165, 1.54) is 19.1 Å². The Morgan fingerprint density at radius 2 is 1.78 bits per heavy atom. The second-order valence-corrected chi connectivity index (χ2v) is 5.33. The molecule has 0 radical (unpaired) electrons. The molecule has 0 aliphatic carbocycles. The fourth-order valence-electron chi connectivity index (χ4n) is 1.19. The lowest BCUT2D eigenvalue weighted by molar-refractivity contribution is -0.217. The van der Waals surface area contributed by atoms with E-state index in [0.29, 0.717) is 0 Å². The first-order valence-electron chi connectivity index (χ1n) is 5.23. The Morgan fingerprint density at radius 3 is 2.22 bits per heavy atom. The summed E-state index contributed by atoms with van der Waals surface area (Å²) in [6, 6.07) is 5.11. The Hall–Kier alpha value is -1.08. The van der Waals surface area contributed by atoms with Crippen LogP contribution in [0.3, 0.4) is 0 Å². The van der Waals surface area contributed by atoms with Crippen LogP contribution in [-0.4, -0.2) is 20.7 Å². The number of benzene rings is 1. The summed E-state index contributed by atoms with van der Waals surface area (Å²) >= 11 is 0. The molecule has 1 aromatic rings. The van der Waals surface area contributed by atoms with Gasteiger partial charge in [0.1, 0.15) is 0 Å². The zero-order chi connectivity index (χ0) is 14.0. The molecule has 0 bridgehead atoms. The largest absolute Gasteiger partial charge is 0.400 e. The van der Waals surface area contributed by atoms with E-state index >= 15 is 0 Å². The van der Waals surface area contributed by atoms with Gasteiger partial charge < -0.3 is 0 Å². The lowest BCUT2D eigenvalue weighted by Gasteiger charge is -2.19. The van der Waals surface area contributed by atoms with E-state index in [2.05, 4.69) is 4.18 Å². The van der Waals surface area contributed by atoms with Crippen LogP contribution in [-0.2, 0) is 14.3 Å². The molecule has 0 amide bonds. The highest BCUT2D eigenvalue weighted by atomic mass is 32.2. The van der Waals surface area contributed by atoms with Crippen molar-refractivity contribution >= 4 is 10.1 Å². The van der Waals surface area contributed by atoms with Crippen LogP contribution in [0.25, 0.3) is 0 Å². The number of hydrogen-bond donors (Lipinski definition) is 0. The maximum Gasteiger partial charge on any atom is 0.400 e. The molecule has 0 saturated carbocycles. The van der Waals surface area contributed by atoms with E-state index in [1.807, 2.05) is 0 Å². The zero-order valence-corrected chi connectivity index (χ0v) is 10.7. The minimum atomic E-state index is -4.68. The first-order chi connectivity index (χ1) is 8.19. The second kappa shape index (κ2) is 5.27. The molecule has 0 heterocycles. The molecule has 0 saturated heterocycles. The molecule has 102 valence electrons. The Bertz CT molecular complexity index is 497. The molecule has 7 heteroatoms. The predicted molar refractivity (Wildman–Crippen MR) is 59.6 cm³/mol. The predicted octanol–water partition coefficient (Wildman–Crippen LogP) is 3.04. The monoisotopic (exact) mass is 282 g/mol. The molecule has 1 rings (SSSR count). The van der Waals surface area contributed by atoms with Crippen molar-refractivity contribution in [1.82, 2.24) is 0 Å². The first kappa shape index (κ1) is 15.0. The van der Waals surface area contributed by atoms with Gasteiger partial charge in [-0.05, 0) is 25.5 Å². The Kier molecular flexibility index (Phi) is 4.39. The smallest absolute Gasteiger partial charge is 0.238 e. The summed E-state index contributed by atoms with van der Waals surface area (Å²) in [5.74, 6) is 0. The lowest BCUT2D eigenvalue weighted by atomic mass is 10.2. The fraction of sp³-hybridized carbons (Fsp3) is 0.455. The third-order valence-electron chi connectivity index (χ3n) is 2.25. The molecule has 1 aromatic carbocycles. The molecular formula is C11H13F3O3S. The van der Waals surface area contributed by atoms with Gasteiger partial charge in [0.05, 0.1) is 4.90 Å². The molecule has 0 spiro atoms. The van der Waals surface area contributed by atoms with Gasteiger partial charge >= 0.3 is 16.2 Å². The van der Waals surface area contributed by atoms with Crippen LogP contribution in [0, 0.1) is 6.92 Å². The minimum absolute atomic E-state index is 0.434. The molecule has 18 heavy (non-hydrogen) atoms. The number of aryl methyl sites for hydroxylation is 1. The van der Waals surface area contributed by atoms with E-state index < -0.39 is 33.7 Å². The van der Waals surface area contributed by atoms with Crippen molar-refractivity contribution in [2.75, 3.05) is 0 Å². The van der Waals surface area contributed by atoms with Crippen LogP contribution in [0.5, 0.6) is 0 Å². The topological polar surface area (TPSA) is 43.4 Å². The number of halogens is 3. The van der Waals surface area contributed by atoms with E-state index in [4.69, 9.17) is 0 Å². The summed E-state index contributed by atoms with van der Waals surface area (Å²) in [6.45, 7) is 2.88. The van der Waals surface area contributed by atoms with Crippen molar-refractivity contribution in [3.05, 3.63) is 29.8 Å². The van der Waals surface area contributed by atoms with Gasteiger partial charge in [0, 0.05) is 0 Å².